The van der Waals surface area contributed by atoms with Crippen LogP contribution in [0.2, 0.25) is 18.1 Å². The first-order valence-electron chi connectivity index (χ1n) is 11.7. The summed E-state index contributed by atoms with van der Waals surface area (Å²) >= 11 is 0. The summed E-state index contributed by atoms with van der Waals surface area (Å²) in [7, 11) is -1.68. The van der Waals surface area contributed by atoms with Crippen molar-refractivity contribution in [2.75, 3.05) is 6.61 Å². The quantitative estimate of drug-likeness (QED) is 0.296. The molecule has 1 atom stereocenters. The van der Waals surface area contributed by atoms with E-state index in [-0.39, 0.29) is 12.7 Å². The predicted octanol–water partition coefficient (Wildman–Crippen LogP) is 7.20. The van der Waals surface area contributed by atoms with Gasteiger partial charge in [-0.25, -0.2) is 0 Å². The van der Waals surface area contributed by atoms with E-state index < -0.39 is 8.32 Å². The molecule has 1 N–H and O–H groups in total. The molecule has 0 heterocycles. The zero-order chi connectivity index (χ0) is 20.2. The van der Waals surface area contributed by atoms with Gasteiger partial charge in [0.05, 0.1) is 6.10 Å². The first kappa shape index (κ1) is 23.4. The molecular weight excluding hydrogens is 360 g/mol. The highest BCUT2D eigenvalue weighted by molar-refractivity contribution is 6.73. The molecule has 28 heavy (non-hydrogen) atoms. The average Bonchev–Trinajstić information content (AvgIpc) is 2.76. The first-order valence-corrected chi connectivity index (χ1v) is 14.2. The summed E-state index contributed by atoms with van der Waals surface area (Å²) in [6, 6.07) is 14.4. The van der Waals surface area contributed by atoms with Crippen LogP contribution in [0, 0.1) is 5.92 Å². The van der Waals surface area contributed by atoms with Crippen molar-refractivity contribution in [1.29, 1.82) is 0 Å². The molecule has 3 heteroatoms. The second-order valence-corrected chi connectivity index (χ2v) is 13.2. The predicted molar refractivity (Wildman–Crippen MR) is 124 cm³/mol. The topological polar surface area (TPSA) is 29.5 Å². The van der Waals surface area contributed by atoms with Gasteiger partial charge in [0.25, 0.3) is 0 Å². The molecule has 1 aromatic carbocycles. The molecule has 0 amide bonds. The van der Waals surface area contributed by atoms with Crippen LogP contribution < -0.4 is 0 Å². The summed E-state index contributed by atoms with van der Waals surface area (Å²) in [6.07, 6.45) is 12.3. The highest BCUT2D eigenvalue weighted by Gasteiger charge is 2.36. The van der Waals surface area contributed by atoms with Gasteiger partial charge in [0.1, 0.15) is 0 Å². The molecule has 0 aliphatic heterocycles. The second kappa shape index (κ2) is 12.6. The van der Waals surface area contributed by atoms with Gasteiger partial charge in [0.15, 0.2) is 8.32 Å². The van der Waals surface area contributed by atoms with Gasteiger partial charge in [0, 0.05) is 6.61 Å². The van der Waals surface area contributed by atoms with E-state index in [2.05, 4.69) is 57.2 Å². The van der Waals surface area contributed by atoms with Crippen LogP contribution in [0.3, 0.4) is 0 Å². The number of hydrogen-bond acceptors (Lipinski definition) is 2. The average molecular weight is 403 g/mol. The lowest BCUT2D eigenvalue weighted by Gasteiger charge is -2.40. The lowest BCUT2D eigenvalue weighted by Crippen LogP contribution is -2.43. The number of aliphatic hydroxyl groups excluding tert-OH is 1. The number of unbranched alkanes of at least 4 members (excludes halogenated alkanes) is 1. The van der Waals surface area contributed by atoms with Crippen molar-refractivity contribution in [3.63, 3.8) is 0 Å². The highest BCUT2D eigenvalue weighted by atomic mass is 28.4. The van der Waals surface area contributed by atoms with Crippen LogP contribution >= 0.6 is 0 Å². The third-order valence-electron chi connectivity index (χ3n) is 6.78. The Balaban J connectivity index is 2.36. The monoisotopic (exact) mass is 402 g/mol. The molecule has 0 spiro atoms. The third-order valence-corrected chi connectivity index (χ3v) is 11.4. The van der Waals surface area contributed by atoms with Crippen LogP contribution in [0.15, 0.2) is 35.9 Å². The molecule has 1 aromatic rings. The van der Waals surface area contributed by atoms with Crippen LogP contribution in [0.25, 0.3) is 6.08 Å². The van der Waals surface area contributed by atoms with Gasteiger partial charge in [-0.15, -0.1) is 0 Å². The molecular formula is C25H42O2Si. The Kier molecular flexibility index (Phi) is 10.5. The summed E-state index contributed by atoms with van der Waals surface area (Å²) in [5.41, 5.74) is 2.75. The third kappa shape index (κ3) is 6.86. The molecule has 1 aliphatic rings. The second-order valence-electron chi connectivity index (χ2n) is 8.49. The Labute approximate surface area is 174 Å². The minimum Gasteiger partial charge on any atom is -0.410 e. The van der Waals surface area contributed by atoms with E-state index in [1.807, 2.05) is 0 Å². The minimum atomic E-state index is -1.68. The summed E-state index contributed by atoms with van der Waals surface area (Å²) in [6.45, 7) is 7.29. The van der Waals surface area contributed by atoms with Crippen LogP contribution in [0.1, 0.15) is 77.7 Å². The Morgan fingerprint density at radius 1 is 1.04 bits per heavy atom. The highest BCUT2D eigenvalue weighted by Crippen LogP contribution is 2.37. The van der Waals surface area contributed by atoms with E-state index in [0.717, 1.165) is 19.3 Å². The van der Waals surface area contributed by atoms with Gasteiger partial charge >= 0.3 is 0 Å². The fourth-order valence-corrected chi connectivity index (χ4v) is 7.56. The van der Waals surface area contributed by atoms with Crippen LogP contribution in [-0.4, -0.2) is 26.1 Å². The number of rotatable bonds is 12. The fraction of sp³-hybridized carbons (Fsp3) is 0.680. The van der Waals surface area contributed by atoms with Gasteiger partial charge in [-0.1, -0.05) is 76.4 Å². The summed E-state index contributed by atoms with van der Waals surface area (Å²) < 4.78 is 7.20. The first-order chi connectivity index (χ1) is 13.7. The Bertz CT molecular complexity index is 551. The van der Waals surface area contributed by atoms with E-state index in [4.69, 9.17) is 4.43 Å². The molecule has 0 radical (unpaired) electrons. The van der Waals surface area contributed by atoms with Gasteiger partial charge in [0.2, 0.25) is 0 Å². The van der Waals surface area contributed by atoms with Crippen LogP contribution in [0.4, 0.5) is 0 Å². The van der Waals surface area contributed by atoms with Crippen molar-refractivity contribution in [3.8, 4) is 0 Å². The molecule has 0 saturated heterocycles. The number of hydrogen-bond donors (Lipinski definition) is 1. The Morgan fingerprint density at radius 3 is 2.25 bits per heavy atom. The molecule has 0 unspecified atom stereocenters. The zero-order valence-corrected chi connectivity index (χ0v) is 19.5. The van der Waals surface area contributed by atoms with Crippen LogP contribution in [-0.2, 0) is 4.43 Å². The summed E-state index contributed by atoms with van der Waals surface area (Å²) in [4.78, 5) is 0. The van der Waals surface area contributed by atoms with Gasteiger partial charge in [-0.05, 0) is 67.3 Å². The van der Waals surface area contributed by atoms with Crippen molar-refractivity contribution in [1.82, 2.24) is 0 Å². The van der Waals surface area contributed by atoms with E-state index >= 15 is 0 Å². The van der Waals surface area contributed by atoms with Gasteiger partial charge in [-0.2, -0.15) is 0 Å². The van der Waals surface area contributed by atoms with Crippen molar-refractivity contribution in [2.24, 2.45) is 5.92 Å². The molecule has 2 nitrogen and oxygen atoms in total. The molecule has 1 aliphatic carbocycles. The smallest absolute Gasteiger partial charge is 0.192 e. The Morgan fingerprint density at radius 2 is 1.68 bits per heavy atom. The largest absolute Gasteiger partial charge is 0.410 e. The summed E-state index contributed by atoms with van der Waals surface area (Å²) in [5.74, 6) is 0.661. The molecule has 1 fully saturated rings. The fourth-order valence-electron chi connectivity index (χ4n) is 4.68. The molecule has 2 rings (SSSR count). The van der Waals surface area contributed by atoms with E-state index in [9.17, 15) is 5.11 Å². The number of aliphatic hydroxyl groups is 1. The maximum absolute atomic E-state index is 9.31. The van der Waals surface area contributed by atoms with Crippen molar-refractivity contribution in [3.05, 3.63) is 41.5 Å². The van der Waals surface area contributed by atoms with E-state index in [0.29, 0.717) is 5.92 Å². The Hall–Kier alpha value is -0.903. The van der Waals surface area contributed by atoms with Crippen molar-refractivity contribution >= 4 is 14.4 Å². The van der Waals surface area contributed by atoms with Gasteiger partial charge < -0.3 is 9.53 Å². The SMILES string of the molecule is CC[Si](CC)(CC)O[C@H](/C(=C/c1ccccc1)CCCCO)C1CCCCC1. The maximum Gasteiger partial charge on any atom is 0.192 e. The molecule has 1 saturated carbocycles. The van der Waals surface area contributed by atoms with Gasteiger partial charge in [-0.3, -0.25) is 0 Å². The number of benzene rings is 1. The van der Waals surface area contributed by atoms with Crippen LogP contribution in [0.5, 0.6) is 0 Å². The lowest BCUT2D eigenvalue weighted by atomic mass is 9.81. The standard InChI is InChI=1S/C25H42O2Si/c1-4-28(5-2,6-3)27-25(23-17-11-8-12-18-23)24(19-13-14-20-26)21-22-15-9-7-10-16-22/h7,9-10,15-16,21,23,25-26H,4-6,8,11-14,17-20H2,1-3H3/b24-21+/t25-/m0/s1. The molecule has 158 valence electrons. The van der Waals surface area contributed by atoms with E-state index in [1.54, 1.807) is 0 Å². The lowest BCUT2D eigenvalue weighted by molar-refractivity contribution is 0.123. The normalized spacial score (nSPS) is 17.6. The molecule has 0 bridgehead atoms. The minimum absolute atomic E-state index is 0.269. The van der Waals surface area contributed by atoms with E-state index in [1.165, 1.54) is 61.4 Å². The maximum atomic E-state index is 9.31. The molecule has 0 aromatic heterocycles. The van der Waals surface area contributed by atoms with Crippen molar-refractivity contribution < 1.29 is 9.53 Å². The summed E-state index contributed by atoms with van der Waals surface area (Å²) in [5, 5.41) is 9.31. The zero-order valence-electron chi connectivity index (χ0n) is 18.5. The van der Waals surface area contributed by atoms with Crippen molar-refractivity contribution in [2.45, 2.75) is 96.4 Å².